The fraction of sp³-hybridized carbons (Fsp3) is 0.286. The van der Waals surface area contributed by atoms with Crippen molar-refractivity contribution < 1.29 is 13.2 Å². The second kappa shape index (κ2) is 5.22. The van der Waals surface area contributed by atoms with E-state index in [0.717, 1.165) is 11.1 Å². The number of aryl methyl sites for hydroxylation is 1. The molecule has 0 radical (unpaired) electrons. The van der Waals surface area contributed by atoms with E-state index in [2.05, 4.69) is 9.97 Å². The maximum absolute atomic E-state index is 12.7. The Morgan fingerprint density at radius 2 is 2.09 bits per heavy atom. The van der Waals surface area contributed by atoms with Gasteiger partial charge in [-0.15, -0.1) is 0 Å². The van der Waals surface area contributed by atoms with Crippen LogP contribution in [0.15, 0.2) is 29.3 Å². The van der Waals surface area contributed by atoms with Crippen molar-refractivity contribution in [1.29, 1.82) is 0 Å². The number of methoxy groups -OCH3 is 1. The van der Waals surface area contributed by atoms with Crippen LogP contribution < -0.4 is 10.5 Å². The van der Waals surface area contributed by atoms with Gasteiger partial charge in [-0.3, -0.25) is 0 Å². The van der Waals surface area contributed by atoms with Crippen LogP contribution in [0.2, 0.25) is 0 Å². The summed E-state index contributed by atoms with van der Waals surface area (Å²) >= 11 is 0. The highest BCUT2D eigenvalue weighted by atomic mass is 32.2. The molecule has 2 heterocycles. The number of ether oxygens (including phenoxy) is 1. The van der Waals surface area contributed by atoms with Gasteiger partial charge in [-0.1, -0.05) is 0 Å². The van der Waals surface area contributed by atoms with Gasteiger partial charge in [0.25, 0.3) is 0 Å². The lowest BCUT2D eigenvalue weighted by atomic mass is 10.2. The van der Waals surface area contributed by atoms with Crippen molar-refractivity contribution in [3.63, 3.8) is 0 Å². The van der Waals surface area contributed by atoms with Crippen molar-refractivity contribution >= 4 is 16.0 Å². The van der Waals surface area contributed by atoms with Gasteiger partial charge in [0, 0.05) is 18.3 Å². The van der Waals surface area contributed by atoms with Crippen LogP contribution in [0.25, 0.3) is 0 Å². The Morgan fingerprint density at radius 3 is 2.77 bits per heavy atom. The van der Waals surface area contributed by atoms with Gasteiger partial charge in [-0.05, 0) is 30.7 Å². The number of fused-ring (bicyclic) bond motifs is 1. The van der Waals surface area contributed by atoms with Crippen molar-refractivity contribution in [2.24, 2.45) is 0 Å². The molecular formula is C14H16N4O3S. The zero-order valence-corrected chi connectivity index (χ0v) is 13.1. The van der Waals surface area contributed by atoms with E-state index in [4.69, 9.17) is 10.5 Å². The summed E-state index contributed by atoms with van der Waals surface area (Å²) in [6, 6.07) is 4.81. The maximum atomic E-state index is 12.7. The number of nitrogens with two attached hydrogens (primary N) is 1. The van der Waals surface area contributed by atoms with Gasteiger partial charge in [0.15, 0.2) is 0 Å². The van der Waals surface area contributed by atoms with E-state index in [1.54, 1.807) is 31.5 Å². The molecule has 3 rings (SSSR count). The fourth-order valence-electron chi connectivity index (χ4n) is 2.47. The van der Waals surface area contributed by atoms with E-state index >= 15 is 0 Å². The van der Waals surface area contributed by atoms with Gasteiger partial charge in [-0.2, -0.15) is 4.31 Å². The maximum Gasteiger partial charge on any atom is 0.243 e. The quantitative estimate of drug-likeness (QED) is 0.908. The highest BCUT2D eigenvalue weighted by molar-refractivity contribution is 7.89. The third kappa shape index (κ3) is 2.40. The molecule has 1 aliphatic rings. The summed E-state index contributed by atoms with van der Waals surface area (Å²) in [6.45, 7) is 2.27. The van der Waals surface area contributed by atoms with E-state index < -0.39 is 10.0 Å². The van der Waals surface area contributed by atoms with Crippen LogP contribution in [0.1, 0.15) is 16.8 Å². The number of rotatable bonds is 3. The predicted octanol–water partition coefficient (Wildman–Crippen LogP) is 1.08. The lowest BCUT2D eigenvalue weighted by Gasteiger charge is -2.16. The second-order valence-corrected chi connectivity index (χ2v) is 7.04. The molecule has 0 saturated carbocycles. The largest absolute Gasteiger partial charge is 0.496 e. The van der Waals surface area contributed by atoms with Gasteiger partial charge >= 0.3 is 0 Å². The van der Waals surface area contributed by atoms with Crippen molar-refractivity contribution in [3.05, 3.63) is 41.2 Å². The standard InChI is InChI=1S/C14H16N4O3S/c1-9-5-11(3-4-13(9)21-2)22(19,20)18-7-10-6-16-14(15)17-12(10)8-18/h3-6H,7-8H2,1-2H3,(H2,15,16,17). The molecule has 0 unspecified atom stereocenters. The predicted molar refractivity (Wildman–Crippen MR) is 80.6 cm³/mol. The fourth-order valence-corrected chi connectivity index (χ4v) is 3.93. The minimum atomic E-state index is -3.60. The first-order valence-corrected chi connectivity index (χ1v) is 8.11. The average molecular weight is 320 g/mol. The summed E-state index contributed by atoms with van der Waals surface area (Å²) in [7, 11) is -2.05. The summed E-state index contributed by atoms with van der Waals surface area (Å²) in [4.78, 5) is 8.24. The summed E-state index contributed by atoms with van der Waals surface area (Å²) < 4.78 is 32.0. The number of hydrogen-bond donors (Lipinski definition) is 1. The molecule has 0 spiro atoms. The Hall–Kier alpha value is -2.19. The van der Waals surface area contributed by atoms with E-state index in [1.165, 1.54) is 4.31 Å². The molecule has 22 heavy (non-hydrogen) atoms. The minimum absolute atomic E-state index is 0.151. The van der Waals surface area contributed by atoms with Crippen LogP contribution in [0.3, 0.4) is 0 Å². The average Bonchev–Trinajstić information content (AvgIpc) is 2.90. The Balaban J connectivity index is 1.93. The number of benzene rings is 1. The molecule has 8 heteroatoms. The van der Waals surface area contributed by atoms with Crippen molar-refractivity contribution in [3.8, 4) is 5.75 Å². The van der Waals surface area contributed by atoms with Gasteiger partial charge in [0.1, 0.15) is 5.75 Å². The number of nitrogens with zero attached hydrogens (tertiary/aromatic N) is 3. The first-order valence-electron chi connectivity index (χ1n) is 6.67. The second-order valence-electron chi connectivity index (χ2n) is 5.10. The lowest BCUT2D eigenvalue weighted by Crippen LogP contribution is -2.25. The molecule has 0 bridgehead atoms. The number of sulfonamides is 1. The number of anilines is 1. The molecule has 1 aromatic heterocycles. The molecule has 2 N–H and O–H groups in total. The Morgan fingerprint density at radius 1 is 1.32 bits per heavy atom. The van der Waals surface area contributed by atoms with Gasteiger partial charge < -0.3 is 10.5 Å². The zero-order chi connectivity index (χ0) is 15.9. The van der Waals surface area contributed by atoms with E-state index in [-0.39, 0.29) is 23.9 Å². The van der Waals surface area contributed by atoms with Crippen LogP contribution >= 0.6 is 0 Å². The molecule has 0 fully saturated rings. The normalized spacial score (nSPS) is 14.8. The van der Waals surface area contributed by atoms with Gasteiger partial charge in [0.05, 0.1) is 24.2 Å². The van der Waals surface area contributed by atoms with Crippen LogP contribution in [-0.2, 0) is 23.1 Å². The summed E-state index contributed by atoms with van der Waals surface area (Å²) in [5, 5.41) is 0. The third-order valence-electron chi connectivity index (χ3n) is 3.65. The first-order chi connectivity index (χ1) is 10.4. The number of nitrogen functional groups attached to an aromatic ring is 1. The SMILES string of the molecule is COc1ccc(S(=O)(=O)N2Cc3cnc(N)nc3C2)cc1C. The summed E-state index contributed by atoms with van der Waals surface area (Å²) in [5.41, 5.74) is 7.75. The smallest absolute Gasteiger partial charge is 0.243 e. The topological polar surface area (TPSA) is 98.4 Å². The molecule has 116 valence electrons. The first kappa shape index (κ1) is 14.7. The van der Waals surface area contributed by atoms with Crippen LogP contribution in [-0.4, -0.2) is 29.8 Å². The molecule has 0 aliphatic carbocycles. The Kier molecular flexibility index (Phi) is 3.50. The lowest BCUT2D eigenvalue weighted by molar-refractivity contribution is 0.410. The van der Waals surface area contributed by atoms with E-state index in [1.807, 2.05) is 6.92 Å². The van der Waals surface area contributed by atoms with Crippen LogP contribution in [0.5, 0.6) is 5.75 Å². The number of hydrogen-bond acceptors (Lipinski definition) is 6. The zero-order valence-electron chi connectivity index (χ0n) is 12.3. The molecule has 2 aromatic rings. The molecule has 1 aliphatic heterocycles. The molecular weight excluding hydrogens is 304 g/mol. The summed E-state index contributed by atoms with van der Waals surface area (Å²) in [6.07, 6.45) is 1.58. The van der Waals surface area contributed by atoms with E-state index in [9.17, 15) is 8.42 Å². The number of aromatic nitrogens is 2. The molecule has 7 nitrogen and oxygen atoms in total. The summed E-state index contributed by atoms with van der Waals surface area (Å²) in [5.74, 6) is 0.806. The van der Waals surface area contributed by atoms with Crippen LogP contribution in [0.4, 0.5) is 5.95 Å². The minimum Gasteiger partial charge on any atom is -0.496 e. The molecule has 0 saturated heterocycles. The molecule has 0 atom stereocenters. The third-order valence-corrected chi connectivity index (χ3v) is 5.44. The van der Waals surface area contributed by atoms with Crippen LogP contribution in [0, 0.1) is 6.92 Å². The highest BCUT2D eigenvalue weighted by Gasteiger charge is 2.32. The van der Waals surface area contributed by atoms with Crippen molar-refractivity contribution in [2.45, 2.75) is 24.9 Å². The molecule has 0 amide bonds. The van der Waals surface area contributed by atoms with Gasteiger partial charge in [0.2, 0.25) is 16.0 Å². The van der Waals surface area contributed by atoms with E-state index in [0.29, 0.717) is 11.4 Å². The van der Waals surface area contributed by atoms with Gasteiger partial charge in [-0.25, -0.2) is 18.4 Å². The van der Waals surface area contributed by atoms with Crippen molar-refractivity contribution in [2.75, 3.05) is 12.8 Å². The Bertz CT molecular complexity index is 836. The monoisotopic (exact) mass is 320 g/mol. The van der Waals surface area contributed by atoms with Crippen molar-refractivity contribution in [1.82, 2.24) is 14.3 Å². The highest BCUT2D eigenvalue weighted by Crippen LogP contribution is 2.29. The molecule has 1 aromatic carbocycles. The Labute approximate surface area is 128 Å².